The van der Waals surface area contributed by atoms with Crippen LogP contribution in [0.4, 0.5) is 0 Å². The van der Waals surface area contributed by atoms with Gasteiger partial charge in [-0.05, 0) is 0 Å². The molecule has 0 radical (unpaired) electrons. The molecule has 7 heteroatoms. The molecule has 0 rings (SSSR count). The lowest BCUT2D eigenvalue weighted by molar-refractivity contribution is 1.01. The molecule has 2 nitrogen and oxygen atoms in total. The van der Waals surface area contributed by atoms with Gasteiger partial charge in [0.15, 0.2) is 4.33 Å². The summed E-state index contributed by atoms with van der Waals surface area (Å²) in [5, 5.41) is 8.22. The van der Waals surface area contributed by atoms with E-state index in [-0.39, 0.29) is 21.5 Å². The van der Waals surface area contributed by atoms with Crippen LogP contribution in [0.25, 0.3) is 0 Å². The maximum absolute atomic E-state index is 8.37. The standard InChI is InChI=1S/C6H4Cl4N2S/c7-3(4(8)2-11)1-6(9,10)5(12)13/h1H2,(H2,12,13). The Labute approximate surface area is 101 Å². The minimum atomic E-state index is -1.47. The number of hydrogen-bond acceptors (Lipinski definition) is 2. The number of halogens is 4. The lowest BCUT2D eigenvalue weighted by Crippen LogP contribution is -2.31. The molecule has 0 amide bonds. The van der Waals surface area contributed by atoms with E-state index in [1.54, 1.807) is 6.07 Å². The Bertz CT molecular complexity index is 291. The summed E-state index contributed by atoms with van der Waals surface area (Å²) in [6, 6.07) is 1.64. The zero-order valence-corrected chi connectivity index (χ0v) is 9.99. The third-order valence-electron chi connectivity index (χ3n) is 1.07. The molecule has 0 aliphatic rings. The highest BCUT2D eigenvalue weighted by Crippen LogP contribution is 2.33. The first-order valence-electron chi connectivity index (χ1n) is 2.93. The van der Waals surface area contributed by atoms with Crippen LogP contribution in [0.5, 0.6) is 0 Å². The van der Waals surface area contributed by atoms with Gasteiger partial charge < -0.3 is 5.73 Å². The average Bonchev–Trinajstić information content (AvgIpc) is 2.01. The fourth-order valence-electron chi connectivity index (χ4n) is 0.420. The van der Waals surface area contributed by atoms with E-state index in [1.807, 2.05) is 0 Å². The normalized spacial score (nSPS) is 13.2. The first-order valence-corrected chi connectivity index (χ1v) is 4.85. The second kappa shape index (κ2) is 5.23. The number of rotatable bonds is 3. The van der Waals surface area contributed by atoms with Gasteiger partial charge in [0.1, 0.15) is 16.1 Å². The molecule has 0 atom stereocenters. The summed E-state index contributed by atoms with van der Waals surface area (Å²) in [5.41, 5.74) is 5.22. The van der Waals surface area contributed by atoms with E-state index in [4.69, 9.17) is 57.4 Å². The lowest BCUT2D eigenvalue weighted by atomic mass is 10.2. The number of allylic oxidation sites excluding steroid dienone is 2. The molecule has 72 valence electrons. The van der Waals surface area contributed by atoms with Gasteiger partial charge in [-0.15, -0.1) is 0 Å². The van der Waals surface area contributed by atoms with E-state index in [0.717, 1.165) is 0 Å². The number of nitrogens with zero attached hydrogens (tertiary/aromatic N) is 1. The highest BCUT2D eigenvalue weighted by atomic mass is 35.5. The van der Waals surface area contributed by atoms with Crippen molar-refractivity contribution in [2.24, 2.45) is 5.73 Å². The molecule has 2 N–H and O–H groups in total. The van der Waals surface area contributed by atoms with Gasteiger partial charge in [0.2, 0.25) is 0 Å². The Morgan fingerprint density at radius 3 is 2.23 bits per heavy atom. The Balaban J connectivity index is 4.66. The van der Waals surface area contributed by atoms with Crippen LogP contribution in [0.1, 0.15) is 6.42 Å². The first-order chi connectivity index (χ1) is 5.81. The highest BCUT2D eigenvalue weighted by molar-refractivity contribution is 7.80. The van der Waals surface area contributed by atoms with Crippen molar-refractivity contribution in [1.29, 1.82) is 5.26 Å². The van der Waals surface area contributed by atoms with Crippen molar-refractivity contribution in [3.05, 3.63) is 10.1 Å². The average molecular weight is 278 g/mol. The monoisotopic (exact) mass is 276 g/mol. The molecule has 0 spiro atoms. The van der Waals surface area contributed by atoms with Gasteiger partial charge in [0, 0.05) is 6.42 Å². The summed E-state index contributed by atoms with van der Waals surface area (Å²) in [7, 11) is 0. The van der Waals surface area contributed by atoms with Gasteiger partial charge in [-0.3, -0.25) is 0 Å². The quantitative estimate of drug-likeness (QED) is 0.490. The van der Waals surface area contributed by atoms with Gasteiger partial charge in [-0.2, -0.15) is 5.26 Å². The van der Waals surface area contributed by atoms with Gasteiger partial charge in [-0.25, -0.2) is 0 Å². The van der Waals surface area contributed by atoms with Crippen LogP contribution in [-0.4, -0.2) is 9.32 Å². The van der Waals surface area contributed by atoms with Crippen LogP contribution in [-0.2, 0) is 0 Å². The summed E-state index contributed by atoms with van der Waals surface area (Å²) in [6.07, 6.45) is -0.0839. The van der Waals surface area contributed by atoms with Crippen LogP contribution in [0.15, 0.2) is 10.1 Å². The third kappa shape index (κ3) is 4.35. The molecule has 0 heterocycles. The van der Waals surface area contributed by atoms with Crippen LogP contribution in [0.2, 0.25) is 0 Å². The number of nitriles is 1. The molecule has 0 saturated carbocycles. The van der Waals surface area contributed by atoms with Crippen molar-refractivity contribution in [2.75, 3.05) is 0 Å². The van der Waals surface area contributed by atoms with Crippen molar-refractivity contribution in [1.82, 2.24) is 0 Å². The molecular formula is C6H4Cl4N2S. The van der Waals surface area contributed by atoms with Crippen molar-refractivity contribution in [3.8, 4) is 6.07 Å². The summed E-state index contributed by atoms with van der Waals surface area (Å²) in [4.78, 5) is -0.114. The van der Waals surface area contributed by atoms with Crippen molar-refractivity contribution in [3.63, 3.8) is 0 Å². The van der Waals surface area contributed by atoms with E-state index in [9.17, 15) is 0 Å². The Morgan fingerprint density at radius 2 is 1.92 bits per heavy atom. The molecular weight excluding hydrogens is 274 g/mol. The summed E-state index contributed by atoms with van der Waals surface area (Å²) < 4.78 is -1.47. The van der Waals surface area contributed by atoms with Crippen molar-refractivity contribution < 1.29 is 0 Å². The van der Waals surface area contributed by atoms with Gasteiger partial charge in [-0.1, -0.05) is 58.6 Å². The zero-order chi connectivity index (χ0) is 10.6. The van der Waals surface area contributed by atoms with E-state index in [0.29, 0.717) is 0 Å². The number of thiocarbonyl (C=S) groups is 1. The molecule has 0 aromatic rings. The first kappa shape index (κ1) is 13.3. The van der Waals surface area contributed by atoms with E-state index in [2.05, 4.69) is 12.2 Å². The Kier molecular flexibility index (Phi) is 5.35. The number of hydrogen-bond donors (Lipinski definition) is 1. The number of alkyl halides is 2. The van der Waals surface area contributed by atoms with Crippen LogP contribution >= 0.6 is 58.6 Å². The molecule has 0 aliphatic heterocycles. The maximum Gasteiger partial charge on any atom is 0.172 e. The Morgan fingerprint density at radius 1 is 1.46 bits per heavy atom. The predicted molar refractivity (Wildman–Crippen MR) is 60.2 cm³/mol. The molecule has 0 aliphatic carbocycles. The van der Waals surface area contributed by atoms with Crippen LogP contribution in [0, 0.1) is 11.3 Å². The summed E-state index contributed by atoms with van der Waals surface area (Å²) in [5.74, 6) is 0. The third-order valence-corrected chi connectivity index (χ3v) is 3.05. The summed E-state index contributed by atoms with van der Waals surface area (Å²) >= 11 is 27.0. The number of nitrogens with two attached hydrogens (primary N) is 1. The van der Waals surface area contributed by atoms with E-state index in [1.165, 1.54) is 0 Å². The SMILES string of the molecule is N#CC(Cl)=C(Cl)CC(Cl)(Cl)C(N)=S. The van der Waals surface area contributed by atoms with Gasteiger partial charge >= 0.3 is 0 Å². The molecule has 0 saturated heterocycles. The van der Waals surface area contributed by atoms with E-state index >= 15 is 0 Å². The summed E-state index contributed by atoms with van der Waals surface area (Å²) in [6.45, 7) is 0. The minimum Gasteiger partial charge on any atom is -0.391 e. The largest absolute Gasteiger partial charge is 0.391 e. The smallest absolute Gasteiger partial charge is 0.172 e. The molecule has 0 unspecified atom stereocenters. The second-order valence-corrected chi connectivity index (χ2v) is 4.83. The molecule has 0 bridgehead atoms. The van der Waals surface area contributed by atoms with Crippen molar-refractivity contribution in [2.45, 2.75) is 10.8 Å². The highest BCUT2D eigenvalue weighted by Gasteiger charge is 2.29. The Hall–Kier alpha value is 0.280. The van der Waals surface area contributed by atoms with Gasteiger partial charge in [0.05, 0.1) is 5.03 Å². The van der Waals surface area contributed by atoms with Crippen molar-refractivity contribution >= 4 is 63.6 Å². The maximum atomic E-state index is 8.37. The fraction of sp³-hybridized carbons (Fsp3) is 0.333. The minimum absolute atomic E-state index is 0.0296. The van der Waals surface area contributed by atoms with Gasteiger partial charge in [0.25, 0.3) is 0 Å². The second-order valence-electron chi connectivity index (χ2n) is 2.08. The van der Waals surface area contributed by atoms with Crippen LogP contribution < -0.4 is 5.73 Å². The molecule has 0 fully saturated rings. The molecule has 13 heavy (non-hydrogen) atoms. The fourth-order valence-corrected chi connectivity index (χ4v) is 1.21. The topological polar surface area (TPSA) is 49.8 Å². The lowest BCUT2D eigenvalue weighted by Gasteiger charge is -2.16. The van der Waals surface area contributed by atoms with E-state index < -0.39 is 4.33 Å². The van der Waals surface area contributed by atoms with Crippen LogP contribution in [0.3, 0.4) is 0 Å². The zero-order valence-electron chi connectivity index (χ0n) is 6.15. The molecule has 0 aromatic carbocycles. The molecule has 0 aromatic heterocycles. The predicted octanol–water partition coefficient (Wildman–Crippen LogP) is 3.05.